The fourth-order valence-electron chi connectivity index (χ4n) is 6.39. The van der Waals surface area contributed by atoms with Crippen molar-refractivity contribution >= 4 is 24.3 Å². The molecule has 8 heteroatoms. The highest BCUT2D eigenvalue weighted by molar-refractivity contribution is 7.89. The summed E-state index contributed by atoms with van der Waals surface area (Å²) in [7, 11) is -6.13. The van der Waals surface area contributed by atoms with E-state index in [9.17, 15) is 13.2 Å². The molecule has 0 aromatic heterocycles. The zero-order valence-corrected chi connectivity index (χ0v) is 32.1. The normalized spacial score (nSPS) is 15.1. The number of ether oxygens (including phenoxy) is 1. The number of hydrogen-bond acceptors (Lipinski definition) is 5. The molecule has 0 N–H and O–H groups in total. The molecule has 3 aromatic rings. The van der Waals surface area contributed by atoms with Gasteiger partial charge >= 0.3 is 5.97 Å². The Balaban J connectivity index is 2.12. The third-order valence-corrected chi connectivity index (χ3v) is 16.3. The molecule has 4 atom stereocenters. The molecule has 0 radical (unpaired) electrons. The third-order valence-electron chi connectivity index (χ3n) is 9.40. The lowest BCUT2D eigenvalue weighted by molar-refractivity contribution is -0.159. The standard InChI is InChI=1S/C40H55NO5SSi/c1-10-14-17-26-37(46-48(11-2,12-3)13-4)33(8)40(42)45-38(36-24-20-16-21-25-36)34(9)41(29-35-22-18-15-19-23-35)47(43,44)39-31(6)27-30(5)28-32(39)7/h10,14-28,33-34,37-38H,11-13,29H2,1-9H3/b14-10+,26-17+/t33-,34+,37-,38+/m1/s1. The summed E-state index contributed by atoms with van der Waals surface area (Å²) in [5, 5.41) is 0. The van der Waals surface area contributed by atoms with Crippen molar-refractivity contribution in [3.63, 3.8) is 0 Å². The van der Waals surface area contributed by atoms with Crippen LogP contribution in [0.25, 0.3) is 0 Å². The summed E-state index contributed by atoms with van der Waals surface area (Å²) in [6.07, 6.45) is 6.38. The first-order valence-electron chi connectivity index (χ1n) is 17.2. The molecule has 260 valence electrons. The first kappa shape index (κ1) is 39.1. The van der Waals surface area contributed by atoms with E-state index in [4.69, 9.17) is 9.16 Å². The van der Waals surface area contributed by atoms with Crippen LogP contribution < -0.4 is 0 Å². The van der Waals surface area contributed by atoms with Crippen molar-refractivity contribution in [2.24, 2.45) is 5.92 Å². The molecule has 0 aliphatic rings. The zero-order chi connectivity index (χ0) is 35.5. The molecular weight excluding hydrogens is 635 g/mol. The van der Waals surface area contributed by atoms with Crippen molar-refractivity contribution in [3.05, 3.63) is 125 Å². The molecule has 0 aliphatic heterocycles. The van der Waals surface area contributed by atoms with E-state index in [1.165, 1.54) is 4.31 Å². The monoisotopic (exact) mass is 689 g/mol. The van der Waals surface area contributed by atoms with Crippen LogP contribution in [0.15, 0.2) is 102 Å². The van der Waals surface area contributed by atoms with Crippen LogP contribution in [0.2, 0.25) is 18.1 Å². The van der Waals surface area contributed by atoms with Gasteiger partial charge in [-0.05, 0) is 81.9 Å². The van der Waals surface area contributed by atoms with Gasteiger partial charge in [-0.1, -0.05) is 123 Å². The Labute approximate surface area is 291 Å². The van der Waals surface area contributed by atoms with Crippen molar-refractivity contribution in [1.82, 2.24) is 4.31 Å². The summed E-state index contributed by atoms with van der Waals surface area (Å²) in [6.45, 7) is 17.9. The second-order valence-electron chi connectivity index (χ2n) is 12.8. The molecule has 0 aliphatic carbocycles. The second-order valence-corrected chi connectivity index (χ2v) is 19.3. The number of carbonyl (C=O) groups excluding carboxylic acids is 1. The quantitative estimate of drug-likeness (QED) is 0.0802. The Morgan fingerprint density at radius 1 is 0.854 bits per heavy atom. The van der Waals surface area contributed by atoms with Crippen molar-refractivity contribution in [2.45, 2.75) is 110 Å². The molecule has 3 aromatic carbocycles. The summed E-state index contributed by atoms with van der Waals surface area (Å²) in [6, 6.07) is 24.9. The lowest BCUT2D eigenvalue weighted by atomic mass is 10.0. The number of rotatable bonds is 17. The highest BCUT2D eigenvalue weighted by atomic mass is 32.2. The van der Waals surface area contributed by atoms with Gasteiger partial charge in [-0.3, -0.25) is 4.79 Å². The van der Waals surface area contributed by atoms with Gasteiger partial charge < -0.3 is 9.16 Å². The van der Waals surface area contributed by atoms with E-state index in [1.807, 2.05) is 139 Å². The summed E-state index contributed by atoms with van der Waals surface area (Å²) in [4.78, 5) is 14.5. The molecule has 0 bridgehead atoms. The minimum Gasteiger partial charge on any atom is -0.455 e. The van der Waals surface area contributed by atoms with E-state index in [0.29, 0.717) is 11.1 Å². The van der Waals surface area contributed by atoms with Gasteiger partial charge in [0.05, 0.1) is 23.0 Å². The van der Waals surface area contributed by atoms with E-state index >= 15 is 0 Å². The average Bonchev–Trinajstić information content (AvgIpc) is 3.07. The van der Waals surface area contributed by atoms with Crippen LogP contribution in [0.3, 0.4) is 0 Å². The van der Waals surface area contributed by atoms with Gasteiger partial charge in [0.15, 0.2) is 8.32 Å². The van der Waals surface area contributed by atoms with Crippen LogP contribution >= 0.6 is 0 Å². The maximum absolute atomic E-state index is 14.8. The van der Waals surface area contributed by atoms with Gasteiger partial charge in [0, 0.05) is 6.54 Å². The topological polar surface area (TPSA) is 72.9 Å². The average molecular weight is 690 g/mol. The summed E-state index contributed by atoms with van der Waals surface area (Å²) in [5.41, 5.74) is 3.92. The number of esters is 1. The SMILES string of the molecule is C/C=C/C=C/[C@@H](O[Si](CC)(CC)CC)[C@@H](C)C(=O)O[C@H](c1ccccc1)[C@H](C)N(Cc1ccccc1)S(=O)(=O)c1c(C)cc(C)cc1C. The van der Waals surface area contributed by atoms with Crippen molar-refractivity contribution < 1.29 is 22.4 Å². The van der Waals surface area contributed by atoms with Crippen molar-refractivity contribution in [3.8, 4) is 0 Å². The van der Waals surface area contributed by atoms with E-state index in [1.54, 1.807) is 0 Å². The molecule has 6 nitrogen and oxygen atoms in total. The molecular formula is C40H55NO5SSi. The lowest BCUT2D eigenvalue weighted by Gasteiger charge is -2.37. The molecule has 0 unspecified atom stereocenters. The van der Waals surface area contributed by atoms with Gasteiger partial charge in [-0.25, -0.2) is 8.42 Å². The molecule has 0 saturated heterocycles. The molecule has 3 rings (SSSR count). The summed E-state index contributed by atoms with van der Waals surface area (Å²) < 4.78 is 44.3. The number of sulfonamides is 1. The maximum Gasteiger partial charge on any atom is 0.312 e. The number of hydrogen-bond donors (Lipinski definition) is 0. The second kappa shape index (κ2) is 17.9. The summed E-state index contributed by atoms with van der Waals surface area (Å²) >= 11 is 0. The van der Waals surface area contributed by atoms with E-state index in [-0.39, 0.29) is 11.4 Å². The first-order valence-corrected chi connectivity index (χ1v) is 21.2. The van der Waals surface area contributed by atoms with Crippen LogP contribution in [0.5, 0.6) is 0 Å². The molecule has 48 heavy (non-hydrogen) atoms. The van der Waals surface area contributed by atoms with E-state index < -0.39 is 48.5 Å². The smallest absolute Gasteiger partial charge is 0.312 e. The highest BCUT2D eigenvalue weighted by Crippen LogP contribution is 2.35. The van der Waals surface area contributed by atoms with Crippen molar-refractivity contribution in [1.29, 1.82) is 0 Å². The van der Waals surface area contributed by atoms with Gasteiger partial charge in [0.25, 0.3) is 0 Å². The van der Waals surface area contributed by atoms with Crippen molar-refractivity contribution in [2.75, 3.05) is 0 Å². The third kappa shape index (κ3) is 9.65. The number of nitrogens with zero attached hydrogens (tertiary/aromatic N) is 1. The fraction of sp³-hybridized carbons (Fsp3) is 0.425. The van der Waals surface area contributed by atoms with Gasteiger partial charge in [-0.2, -0.15) is 4.31 Å². The Morgan fingerprint density at radius 2 is 1.40 bits per heavy atom. The number of benzene rings is 3. The predicted molar refractivity (Wildman–Crippen MR) is 200 cm³/mol. The fourth-order valence-corrected chi connectivity index (χ4v) is 11.3. The highest BCUT2D eigenvalue weighted by Gasteiger charge is 2.40. The van der Waals surface area contributed by atoms with Crippen LogP contribution in [-0.2, 0) is 30.5 Å². The number of carbonyl (C=O) groups is 1. The van der Waals surface area contributed by atoms with Crippen LogP contribution in [0.4, 0.5) is 0 Å². The Morgan fingerprint density at radius 3 is 1.92 bits per heavy atom. The lowest BCUT2D eigenvalue weighted by Crippen LogP contribution is -2.45. The number of aryl methyl sites for hydroxylation is 3. The van der Waals surface area contributed by atoms with Crippen LogP contribution in [0, 0.1) is 26.7 Å². The number of allylic oxidation sites excluding steroid dienone is 3. The Kier molecular flexibility index (Phi) is 14.6. The molecule has 0 fully saturated rings. The molecule has 0 saturated carbocycles. The first-order chi connectivity index (χ1) is 22.8. The Hall–Kier alpha value is -3.30. The summed E-state index contributed by atoms with van der Waals surface area (Å²) in [5.74, 6) is -1.06. The largest absolute Gasteiger partial charge is 0.455 e. The predicted octanol–water partition coefficient (Wildman–Crippen LogP) is 9.63. The van der Waals surface area contributed by atoms with Gasteiger partial charge in [0.1, 0.15) is 6.10 Å². The minimum atomic E-state index is -4.05. The zero-order valence-electron chi connectivity index (χ0n) is 30.3. The molecule has 0 amide bonds. The van der Waals surface area contributed by atoms with Gasteiger partial charge in [0.2, 0.25) is 10.0 Å². The molecule has 0 heterocycles. The minimum absolute atomic E-state index is 0.114. The van der Waals surface area contributed by atoms with Gasteiger partial charge in [-0.15, -0.1) is 0 Å². The Bertz CT molecular complexity index is 1600. The van der Waals surface area contributed by atoms with Crippen LogP contribution in [0.1, 0.15) is 75.5 Å². The molecule has 0 spiro atoms. The van der Waals surface area contributed by atoms with Crippen LogP contribution in [-0.4, -0.2) is 39.2 Å². The maximum atomic E-state index is 14.8. The van der Waals surface area contributed by atoms with E-state index in [2.05, 4.69) is 20.8 Å². The van der Waals surface area contributed by atoms with E-state index in [0.717, 1.165) is 34.8 Å².